The lowest BCUT2D eigenvalue weighted by molar-refractivity contribution is -0.122. The number of carbonyl (C=O) groups is 1. The Morgan fingerprint density at radius 2 is 2.09 bits per heavy atom. The lowest BCUT2D eigenvalue weighted by atomic mass is 9.89. The van der Waals surface area contributed by atoms with Crippen LogP contribution in [-0.4, -0.2) is 35.3 Å². The van der Waals surface area contributed by atoms with Crippen molar-refractivity contribution in [1.29, 1.82) is 0 Å². The molecule has 1 aromatic heterocycles. The molecule has 5 heteroatoms. The molecular weight excluding hydrogens is 288 g/mol. The lowest BCUT2D eigenvalue weighted by Gasteiger charge is -2.27. The van der Waals surface area contributed by atoms with Crippen LogP contribution in [0.4, 0.5) is 5.69 Å². The summed E-state index contributed by atoms with van der Waals surface area (Å²) in [7, 11) is 1.91. The van der Waals surface area contributed by atoms with Crippen molar-refractivity contribution in [3.8, 4) is 0 Å². The summed E-state index contributed by atoms with van der Waals surface area (Å²) in [5.41, 5.74) is 3.31. The fourth-order valence-electron chi connectivity index (χ4n) is 3.31. The van der Waals surface area contributed by atoms with Gasteiger partial charge in [-0.3, -0.25) is 9.48 Å². The fraction of sp³-hybridized carbons (Fsp3) is 0.444. The molecule has 0 unspecified atom stereocenters. The zero-order valence-corrected chi connectivity index (χ0v) is 14.0. The highest BCUT2D eigenvalue weighted by Gasteiger charge is 2.37. The van der Waals surface area contributed by atoms with Crippen LogP contribution in [0, 0.1) is 12.8 Å². The molecule has 5 nitrogen and oxygen atoms in total. The Bertz CT molecular complexity index is 677. The molecule has 1 amide bonds. The highest BCUT2D eigenvalue weighted by molar-refractivity contribution is 5.96. The SMILES string of the molecule is CCN(C(=O)[C@H]1CNC[C@@H]1c1cnn(C)c1)c1ccc(C)cc1. The number of anilines is 1. The van der Waals surface area contributed by atoms with Crippen LogP contribution in [-0.2, 0) is 11.8 Å². The van der Waals surface area contributed by atoms with Crippen LogP contribution in [0.5, 0.6) is 0 Å². The van der Waals surface area contributed by atoms with E-state index in [-0.39, 0.29) is 17.7 Å². The Morgan fingerprint density at radius 3 is 2.70 bits per heavy atom. The summed E-state index contributed by atoms with van der Waals surface area (Å²) in [6.45, 7) is 6.31. The van der Waals surface area contributed by atoms with Crippen molar-refractivity contribution in [1.82, 2.24) is 15.1 Å². The molecule has 0 aliphatic carbocycles. The number of amides is 1. The second-order valence-electron chi connectivity index (χ2n) is 6.24. The predicted molar refractivity (Wildman–Crippen MR) is 91.5 cm³/mol. The fourth-order valence-corrected chi connectivity index (χ4v) is 3.31. The van der Waals surface area contributed by atoms with E-state index in [1.54, 1.807) is 4.68 Å². The zero-order valence-electron chi connectivity index (χ0n) is 14.0. The predicted octanol–water partition coefficient (Wildman–Crippen LogP) is 2.08. The second kappa shape index (κ2) is 6.54. The number of hydrogen-bond acceptors (Lipinski definition) is 3. The van der Waals surface area contributed by atoms with Gasteiger partial charge >= 0.3 is 0 Å². The van der Waals surface area contributed by atoms with Crippen molar-refractivity contribution in [2.24, 2.45) is 13.0 Å². The minimum Gasteiger partial charge on any atom is -0.315 e. The minimum absolute atomic E-state index is 0.0412. The molecule has 2 heterocycles. The molecule has 1 saturated heterocycles. The summed E-state index contributed by atoms with van der Waals surface area (Å²) >= 11 is 0. The maximum absolute atomic E-state index is 13.1. The van der Waals surface area contributed by atoms with Crippen molar-refractivity contribution < 1.29 is 4.79 Å². The molecule has 1 aliphatic rings. The van der Waals surface area contributed by atoms with Crippen molar-refractivity contribution >= 4 is 11.6 Å². The molecule has 0 saturated carbocycles. The Kier molecular flexibility index (Phi) is 4.48. The van der Waals surface area contributed by atoms with Gasteiger partial charge in [0.25, 0.3) is 0 Å². The first-order chi connectivity index (χ1) is 11.1. The molecule has 0 bridgehead atoms. The average Bonchev–Trinajstić information content (AvgIpc) is 3.18. The van der Waals surface area contributed by atoms with Gasteiger partial charge < -0.3 is 10.2 Å². The number of benzene rings is 1. The number of carbonyl (C=O) groups excluding carboxylic acids is 1. The molecule has 1 fully saturated rings. The van der Waals surface area contributed by atoms with Crippen LogP contribution in [0.25, 0.3) is 0 Å². The minimum atomic E-state index is -0.0412. The zero-order chi connectivity index (χ0) is 16.4. The van der Waals surface area contributed by atoms with E-state index in [1.165, 1.54) is 5.56 Å². The maximum Gasteiger partial charge on any atom is 0.232 e. The quantitative estimate of drug-likeness (QED) is 0.940. The Hall–Kier alpha value is -2.14. The largest absolute Gasteiger partial charge is 0.315 e. The summed E-state index contributed by atoms with van der Waals surface area (Å²) in [4.78, 5) is 15.0. The van der Waals surface area contributed by atoms with Crippen LogP contribution >= 0.6 is 0 Å². The van der Waals surface area contributed by atoms with Gasteiger partial charge in [-0.1, -0.05) is 17.7 Å². The molecule has 1 N–H and O–H groups in total. The molecule has 2 atom stereocenters. The number of nitrogens with zero attached hydrogens (tertiary/aromatic N) is 3. The molecule has 122 valence electrons. The van der Waals surface area contributed by atoms with E-state index >= 15 is 0 Å². The van der Waals surface area contributed by atoms with Crippen LogP contribution in [0.1, 0.15) is 24.0 Å². The summed E-state index contributed by atoms with van der Waals surface area (Å²) in [6.07, 6.45) is 3.89. The van der Waals surface area contributed by atoms with Gasteiger partial charge in [-0.05, 0) is 31.5 Å². The van der Waals surface area contributed by atoms with Crippen LogP contribution < -0.4 is 10.2 Å². The van der Waals surface area contributed by atoms with E-state index in [2.05, 4.69) is 29.5 Å². The lowest BCUT2D eigenvalue weighted by Crippen LogP contribution is -2.38. The monoisotopic (exact) mass is 312 g/mol. The molecule has 23 heavy (non-hydrogen) atoms. The normalized spacial score (nSPS) is 20.7. The topological polar surface area (TPSA) is 50.2 Å². The Labute approximate surface area is 137 Å². The van der Waals surface area contributed by atoms with Gasteiger partial charge in [0.2, 0.25) is 5.91 Å². The smallest absolute Gasteiger partial charge is 0.232 e. The van der Waals surface area contributed by atoms with E-state index in [1.807, 2.05) is 43.4 Å². The van der Waals surface area contributed by atoms with Gasteiger partial charge in [-0.2, -0.15) is 5.10 Å². The molecule has 3 rings (SSSR count). The highest BCUT2D eigenvalue weighted by atomic mass is 16.2. The third-order valence-corrected chi connectivity index (χ3v) is 4.61. The molecular formula is C18H24N4O. The first-order valence-corrected chi connectivity index (χ1v) is 8.17. The third kappa shape index (κ3) is 3.15. The van der Waals surface area contributed by atoms with Crippen molar-refractivity contribution in [3.05, 3.63) is 47.8 Å². The first kappa shape index (κ1) is 15.7. The van der Waals surface area contributed by atoms with E-state index < -0.39 is 0 Å². The van der Waals surface area contributed by atoms with E-state index in [4.69, 9.17) is 0 Å². The van der Waals surface area contributed by atoms with Crippen molar-refractivity contribution in [2.75, 3.05) is 24.5 Å². The molecule has 1 aromatic carbocycles. The van der Waals surface area contributed by atoms with E-state index in [9.17, 15) is 4.79 Å². The van der Waals surface area contributed by atoms with Gasteiger partial charge in [0.15, 0.2) is 0 Å². The van der Waals surface area contributed by atoms with Crippen molar-refractivity contribution in [2.45, 2.75) is 19.8 Å². The third-order valence-electron chi connectivity index (χ3n) is 4.61. The average molecular weight is 312 g/mol. The number of hydrogen-bond donors (Lipinski definition) is 1. The molecule has 0 radical (unpaired) electrons. The molecule has 0 spiro atoms. The standard InChI is InChI=1S/C18H24N4O/c1-4-22(15-7-5-13(2)6-8-15)18(23)17-11-19-10-16(17)14-9-20-21(3)12-14/h5-9,12,16-17,19H,4,10-11H2,1-3H3/t16-,17+/m1/s1. The number of nitrogens with one attached hydrogen (secondary N) is 1. The summed E-state index contributed by atoms with van der Waals surface area (Å²) in [5.74, 6) is 0.339. The van der Waals surface area contributed by atoms with Gasteiger partial charge in [0.05, 0.1) is 12.1 Å². The first-order valence-electron chi connectivity index (χ1n) is 8.17. The summed E-state index contributed by atoms with van der Waals surface area (Å²) in [5, 5.41) is 7.62. The van der Waals surface area contributed by atoms with Crippen LogP contribution in [0.2, 0.25) is 0 Å². The number of aromatic nitrogens is 2. The highest BCUT2D eigenvalue weighted by Crippen LogP contribution is 2.30. The number of aryl methyl sites for hydroxylation is 2. The van der Waals surface area contributed by atoms with Gasteiger partial charge in [-0.15, -0.1) is 0 Å². The van der Waals surface area contributed by atoms with Crippen molar-refractivity contribution in [3.63, 3.8) is 0 Å². The maximum atomic E-state index is 13.1. The summed E-state index contributed by atoms with van der Waals surface area (Å²) < 4.78 is 1.80. The van der Waals surface area contributed by atoms with Gasteiger partial charge in [-0.25, -0.2) is 0 Å². The van der Waals surface area contributed by atoms with Crippen LogP contribution in [0.15, 0.2) is 36.7 Å². The number of rotatable bonds is 4. The Morgan fingerprint density at radius 1 is 1.35 bits per heavy atom. The van der Waals surface area contributed by atoms with E-state index in [0.717, 1.165) is 24.3 Å². The molecule has 1 aliphatic heterocycles. The Balaban J connectivity index is 1.83. The second-order valence-corrected chi connectivity index (χ2v) is 6.24. The van der Waals surface area contributed by atoms with Gasteiger partial charge in [0, 0.05) is 44.5 Å². The summed E-state index contributed by atoms with van der Waals surface area (Å²) in [6, 6.07) is 8.16. The van der Waals surface area contributed by atoms with Gasteiger partial charge in [0.1, 0.15) is 0 Å². The molecule has 2 aromatic rings. The van der Waals surface area contributed by atoms with E-state index in [0.29, 0.717) is 6.54 Å². The van der Waals surface area contributed by atoms with Crippen LogP contribution in [0.3, 0.4) is 0 Å².